The summed E-state index contributed by atoms with van der Waals surface area (Å²) < 4.78 is 0. The Balaban J connectivity index is 1.93. The standard InChI is InChI=1S/C23H16ClN/c24-17-11-13-21-20(14-17)22(16-7-2-1-3-8-16)19-12-10-15-6-4-5-9-18(15)23(19)25-21/h1-9,11,13-14H,10,12H2. The molecule has 0 bridgehead atoms. The maximum Gasteiger partial charge on any atom is 0.0750 e. The lowest BCUT2D eigenvalue weighted by atomic mass is 9.83. The zero-order chi connectivity index (χ0) is 16.8. The van der Waals surface area contributed by atoms with E-state index in [0.717, 1.165) is 34.5 Å². The molecular formula is C23H16ClN. The van der Waals surface area contributed by atoms with Crippen molar-refractivity contribution in [2.75, 3.05) is 0 Å². The van der Waals surface area contributed by atoms with Crippen molar-refractivity contribution < 1.29 is 0 Å². The van der Waals surface area contributed by atoms with Crippen LogP contribution in [-0.4, -0.2) is 4.98 Å². The first-order chi connectivity index (χ1) is 12.3. The second-order valence-electron chi connectivity index (χ2n) is 6.50. The van der Waals surface area contributed by atoms with Crippen molar-refractivity contribution in [1.29, 1.82) is 0 Å². The van der Waals surface area contributed by atoms with Crippen molar-refractivity contribution in [3.63, 3.8) is 0 Å². The molecular weight excluding hydrogens is 326 g/mol. The average molecular weight is 342 g/mol. The summed E-state index contributed by atoms with van der Waals surface area (Å²) in [6.07, 6.45) is 2.06. The van der Waals surface area contributed by atoms with E-state index in [-0.39, 0.29) is 0 Å². The van der Waals surface area contributed by atoms with Gasteiger partial charge in [-0.05, 0) is 53.3 Å². The fraction of sp³-hybridized carbons (Fsp3) is 0.0870. The van der Waals surface area contributed by atoms with Crippen LogP contribution >= 0.6 is 11.6 Å². The molecule has 1 aliphatic rings. The quantitative estimate of drug-likeness (QED) is 0.394. The maximum atomic E-state index is 6.31. The van der Waals surface area contributed by atoms with Crippen LogP contribution in [0.2, 0.25) is 5.02 Å². The molecule has 0 unspecified atom stereocenters. The van der Waals surface area contributed by atoms with Crippen LogP contribution in [-0.2, 0) is 12.8 Å². The Bertz CT molecular complexity index is 1100. The summed E-state index contributed by atoms with van der Waals surface area (Å²) in [5.41, 5.74) is 8.60. The number of rotatable bonds is 1. The fourth-order valence-corrected chi connectivity index (χ4v) is 4.08. The van der Waals surface area contributed by atoms with Crippen LogP contribution in [0.3, 0.4) is 0 Å². The predicted octanol–water partition coefficient (Wildman–Crippen LogP) is 6.32. The van der Waals surface area contributed by atoms with Crippen molar-refractivity contribution in [2.24, 2.45) is 0 Å². The van der Waals surface area contributed by atoms with E-state index in [1.165, 1.54) is 27.8 Å². The van der Waals surface area contributed by atoms with Crippen molar-refractivity contribution >= 4 is 22.5 Å². The van der Waals surface area contributed by atoms with Gasteiger partial charge in [-0.3, -0.25) is 0 Å². The van der Waals surface area contributed by atoms with E-state index in [4.69, 9.17) is 16.6 Å². The van der Waals surface area contributed by atoms with Crippen LogP contribution in [0.25, 0.3) is 33.3 Å². The topological polar surface area (TPSA) is 12.9 Å². The minimum Gasteiger partial charge on any atom is -0.247 e. The highest BCUT2D eigenvalue weighted by Gasteiger charge is 2.23. The molecule has 0 aliphatic heterocycles. The number of fused-ring (bicyclic) bond motifs is 4. The van der Waals surface area contributed by atoms with Crippen LogP contribution in [0.5, 0.6) is 0 Å². The van der Waals surface area contributed by atoms with E-state index in [2.05, 4.69) is 54.6 Å². The molecule has 0 radical (unpaired) electrons. The monoisotopic (exact) mass is 341 g/mol. The number of pyridine rings is 1. The molecule has 5 rings (SSSR count). The number of benzene rings is 3. The lowest BCUT2D eigenvalue weighted by Gasteiger charge is -2.23. The first-order valence-electron chi connectivity index (χ1n) is 8.57. The van der Waals surface area contributed by atoms with Gasteiger partial charge in [-0.1, -0.05) is 66.2 Å². The third-order valence-corrected chi connectivity index (χ3v) is 5.26. The van der Waals surface area contributed by atoms with Crippen LogP contribution in [0.4, 0.5) is 0 Å². The Morgan fingerprint density at radius 3 is 2.48 bits per heavy atom. The molecule has 3 aromatic carbocycles. The fourth-order valence-electron chi connectivity index (χ4n) is 3.90. The number of hydrogen-bond donors (Lipinski definition) is 0. The highest BCUT2D eigenvalue weighted by Crippen LogP contribution is 2.41. The summed E-state index contributed by atoms with van der Waals surface area (Å²) in [5.74, 6) is 0. The number of aromatic nitrogens is 1. The van der Waals surface area contributed by atoms with Gasteiger partial charge in [-0.15, -0.1) is 0 Å². The van der Waals surface area contributed by atoms with Gasteiger partial charge in [-0.25, -0.2) is 4.98 Å². The second-order valence-corrected chi connectivity index (χ2v) is 6.94. The lowest BCUT2D eigenvalue weighted by Crippen LogP contribution is -2.08. The van der Waals surface area contributed by atoms with E-state index in [1.807, 2.05) is 18.2 Å². The van der Waals surface area contributed by atoms with E-state index in [1.54, 1.807) is 0 Å². The molecule has 0 spiro atoms. The van der Waals surface area contributed by atoms with Gasteiger partial charge in [-0.2, -0.15) is 0 Å². The van der Waals surface area contributed by atoms with Crippen molar-refractivity contribution in [2.45, 2.75) is 12.8 Å². The van der Waals surface area contributed by atoms with Crippen LogP contribution in [0, 0.1) is 0 Å². The SMILES string of the molecule is Clc1ccc2nc3c(c(-c4ccccc4)c2c1)CCc1ccccc1-3. The van der Waals surface area contributed by atoms with E-state index in [9.17, 15) is 0 Å². The van der Waals surface area contributed by atoms with Crippen LogP contribution in [0.15, 0.2) is 72.8 Å². The summed E-state index contributed by atoms with van der Waals surface area (Å²) in [7, 11) is 0. The number of aryl methyl sites for hydroxylation is 1. The number of nitrogens with zero attached hydrogens (tertiary/aromatic N) is 1. The van der Waals surface area contributed by atoms with Crippen LogP contribution < -0.4 is 0 Å². The summed E-state index contributed by atoms with van der Waals surface area (Å²) in [5, 5.41) is 1.89. The minimum atomic E-state index is 0.752. The summed E-state index contributed by atoms with van der Waals surface area (Å²) in [4.78, 5) is 5.03. The van der Waals surface area contributed by atoms with Crippen molar-refractivity contribution in [3.05, 3.63) is 88.9 Å². The normalized spacial score (nSPS) is 12.7. The Morgan fingerprint density at radius 1 is 0.800 bits per heavy atom. The molecule has 0 saturated heterocycles. The second kappa shape index (κ2) is 5.72. The largest absolute Gasteiger partial charge is 0.247 e. The molecule has 1 nitrogen and oxygen atoms in total. The molecule has 1 aromatic heterocycles. The summed E-state index contributed by atoms with van der Waals surface area (Å²) in [6.45, 7) is 0. The highest BCUT2D eigenvalue weighted by atomic mass is 35.5. The van der Waals surface area contributed by atoms with Gasteiger partial charge < -0.3 is 0 Å². The molecule has 120 valence electrons. The van der Waals surface area contributed by atoms with Gasteiger partial charge in [0.2, 0.25) is 0 Å². The lowest BCUT2D eigenvalue weighted by molar-refractivity contribution is 0.935. The molecule has 1 aliphatic carbocycles. The van der Waals surface area contributed by atoms with Crippen molar-refractivity contribution in [1.82, 2.24) is 4.98 Å². The van der Waals surface area contributed by atoms with Crippen molar-refractivity contribution in [3.8, 4) is 22.4 Å². The summed E-state index contributed by atoms with van der Waals surface area (Å²) in [6, 6.07) is 25.2. The first kappa shape index (κ1) is 14.7. The molecule has 0 saturated carbocycles. The smallest absolute Gasteiger partial charge is 0.0750 e. The Labute approximate surface area is 151 Å². The van der Waals surface area contributed by atoms with Gasteiger partial charge >= 0.3 is 0 Å². The Morgan fingerprint density at radius 2 is 1.60 bits per heavy atom. The average Bonchev–Trinajstić information content (AvgIpc) is 2.67. The molecule has 0 atom stereocenters. The van der Waals surface area contributed by atoms with Gasteiger partial charge in [0.05, 0.1) is 11.2 Å². The third-order valence-electron chi connectivity index (χ3n) is 5.03. The predicted molar refractivity (Wildman–Crippen MR) is 105 cm³/mol. The molecule has 0 fully saturated rings. The first-order valence-corrected chi connectivity index (χ1v) is 8.95. The molecule has 1 heterocycles. The molecule has 4 aromatic rings. The van der Waals surface area contributed by atoms with Gasteiger partial charge in [0.15, 0.2) is 0 Å². The van der Waals surface area contributed by atoms with Crippen LogP contribution in [0.1, 0.15) is 11.1 Å². The highest BCUT2D eigenvalue weighted by molar-refractivity contribution is 6.31. The Hall–Kier alpha value is -2.64. The molecule has 25 heavy (non-hydrogen) atoms. The number of hydrogen-bond acceptors (Lipinski definition) is 1. The van der Waals surface area contributed by atoms with E-state index in [0.29, 0.717) is 0 Å². The van der Waals surface area contributed by atoms with Gasteiger partial charge in [0.25, 0.3) is 0 Å². The molecule has 0 amide bonds. The molecule has 2 heteroatoms. The zero-order valence-corrected chi connectivity index (χ0v) is 14.4. The summed E-state index contributed by atoms with van der Waals surface area (Å²) >= 11 is 6.31. The maximum absolute atomic E-state index is 6.31. The zero-order valence-electron chi connectivity index (χ0n) is 13.7. The van der Waals surface area contributed by atoms with Gasteiger partial charge in [0.1, 0.15) is 0 Å². The Kier molecular flexibility index (Phi) is 3.36. The molecule has 0 N–H and O–H groups in total. The number of halogens is 1. The van der Waals surface area contributed by atoms with E-state index < -0.39 is 0 Å². The third kappa shape index (κ3) is 2.35. The van der Waals surface area contributed by atoms with Gasteiger partial charge in [0, 0.05) is 16.0 Å². The van der Waals surface area contributed by atoms with E-state index >= 15 is 0 Å². The minimum absolute atomic E-state index is 0.752.